The largest absolute Gasteiger partial charge is 0.340 e. The lowest BCUT2D eigenvalue weighted by Crippen LogP contribution is -2.40. The highest BCUT2D eigenvalue weighted by Crippen LogP contribution is 2.35. The maximum Gasteiger partial charge on any atom is 0.219 e. The molecule has 0 spiro atoms. The number of hydrogen-bond acceptors (Lipinski definition) is 2. The summed E-state index contributed by atoms with van der Waals surface area (Å²) in [6.45, 7) is 8.93. The van der Waals surface area contributed by atoms with E-state index in [4.69, 9.17) is 11.6 Å². The normalized spacial score (nSPS) is 19.9. The minimum Gasteiger partial charge on any atom is -0.340 e. The Balaban J connectivity index is 1.81. The third kappa shape index (κ3) is 5.12. The maximum absolute atomic E-state index is 13.9. The summed E-state index contributed by atoms with van der Waals surface area (Å²) in [6.07, 6.45) is 0. The summed E-state index contributed by atoms with van der Waals surface area (Å²) in [5.74, 6) is 0.341. The van der Waals surface area contributed by atoms with Crippen LogP contribution in [0.3, 0.4) is 0 Å². The van der Waals surface area contributed by atoms with E-state index in [9.17, 15) is 9.18 Å². The van der Waals surface area contributed by atoms with Gasteiger partial charge in [0.1, 0.15) is 5.82 Å². The van der Waals surface area contributed by atoms with Crippen LogP contribution in [0, 0.1) is 11.7 Å². The van der Waals surface area contributed by atoms with Crippen molar-refractivity contribution < 1.29 is 9.18 Å². The van der Waals surface area contributed by atoms with Gasteiger partial charge in [0.2, 0.25) is 5.91 Å². The number of hydrogen-bond donors (Lipinski definition) is 0. The average molecular weight is 403 g/mol. The second-order valence-electron chi connectivity index (χ2n) is 8.01. The van der Waals surface area contributed by atoms with E-state index >= 15 is 0 Å². The zero-order chi connectivity index (χ0) is 20.3. The van der Waals surface area contributed by atoms with Crippen LogP contribution in [0.5, 0.6) is 0 Å². The smallest absolute Gasteiger partial charge is 0.219 e. The molecule has 1 saturated heterocycles. The van der Waals surface area contributed by atoms with Gasteiger partial charge in [-0.25, -0.2) is 4.39 Å². The highest BCUT2D eigenvalue weighted by molar-refractivity contribution is 6.30. The zero-order valence-electron chi connectivity index (χ0n) is 16.7. The number of likely N-dealkylation sites (tertiary alicyclic amines) is 1. The van der Waals surface area contributed by atoms with Crippen LogP contribution in [0.2, 0.25) is 5.02 Å². The van der Waals surface area contributed by atoms with Crippen molar-refractivity contribution in [3.63, 3.8) is 0 Å². The molecule has 2 aromatic carbocycles. The van der Waals surface area contributed by atoms with Gasteiger partial charge in [0.05, 0.1) is 0 Å². The second-order valence-corrected chi connectivity index (χ2v) is 8.44. The van der Waals surface area contributed by atoms with E-state index in [1.165, 1.54) is 11.6 Å². The van der Waals surface area contributed by atoms with Crippen molar-refractivity contribution in [3.05, 3.63) is 70.5 Å². The molecule has 5 heteroatoms. The van der Waals surface area contributed by atoms with Gasteiger partial charge >= 0.3 is 0 Å². The minimum absolute atomic E-state index is 0.0872. The number of nitrogens with zero attached hydrogens (tertiary/aromatic N) is 2. The first-order valence-electron chi connectivity index (χ1n) is 9.83. The standard InChI is InChI=1S/C23H28ClFN2O/c1-16(2)27(17(3)28)14-20-13-26(12-18-7-9-21(24)10-8-18)15-23(20)19-5-4-6-22(25)11-19/h4-11,16,20,23H,12-15H2,1-3H3/t20-,23-/m1/s1. The summed E-state index contributed by atoms with van der Waals surface area (Å²) < 4.78 is 13.9. The molecule has 3 nitrogen and oxygen atoms in total. The lowest BCUT2D eigenvalue weighted by atomic mass is 9.88. The molecule has 0 radical (unpaired) electrons. The molecule has 3 rings (SSSR count). The van der Waals surface area contributed by atoms with Crippen molar-refractivity contribution in [1.29, 1.82) is 0 Å². The Hall–Kier alpha value is -1.91. The Bertz CT molecular complexity index is 809. The minimum atomic E-state index is -0.209. The van der Waals surface area contributed by atoms with Gasteiger partial charge in [-0.15, -0.1) is 0 Å². The Labute approximate surface area is 172 Å². The van der Waals surface area contributed by atoms with E-state index in [1.54, 1.807) is 19.1 Å². The van der Waals surface area contributed by atoms with Crippen LogP contribution in [-0.4, -0.2) is 41.4 Å². The summed E-state index contributed by atoms with van der Waals surface area (Å²) in [4.78, 5) is 16.4. The summed E-state index contributed by atoms with van der Waals surface area (Å²) >= 11 is 6.00. The van der Waals surface area contributed by atoms with Crippen molar-refractivity contribution in [2.45, 2.75) is 39.3 Å². The highest BCUT2D eigenvalue weighted by atomic mass is 35.5. The number of halogens is 2. The van der Waals surface area contributed by atoms with Gasteiger partial charge in [-0.1, -0.05) is 35.9 Å². The predicted octanol–water partition coefficient (Wildman–Crippen LogP) is 4.95. The molecule has 28 heavy (non-hydrogen) atoms. The molecule has 0 N–H and O–H groups in total. The van der Waals surface area contributed by atoms with Crippen LogP contribution >= 0.6 is 11.6 Å². The van der Waals surface area contributed by atoms with E-state index in [2.05, 4.69) is 4.90 Å². The number of benzene rings is 2. The van der Waals surface area contributed by atoms with E-state index < -0.39 is 0 Å². The molecule has 0 aliphatic carbocycles. The molecule has 1 aliphatic rings. The second kappa shape index (κ2) is 9.06. The Morgan fingerprint density at radius 2 is 1.93 bits per heavy atom. The fraction of sp³-hybridized carbons (Fsp3) is 0.435. The van der Waals surface area contributed by atoms with E-state index in [0.29, 0.717) is 6.54 Å². The molecule has 2 atom stereocenters. The average Bonchev–Trinajstić information content (AvgIpc) is 3.03. The fourth-order valence-corrected chi connectivity index (χ4v) is 4.32. The van der Waals surface area contributed by atoms with Gasteiger partial charge in [-0.2, -0.15) is 0 Å². The molecule has 1 amide bonds. The number of rotatable bonds is 6. The van der Waals surface area contributed by atoms with Crippen LogP contribution in [0.4, 0.5) is 4.39 Å². The number of amides is 1. The van der Waals surface area contributed by atoms with Gasteiger partial charge in [-0.05, 0) is 55.2 Å². The van der Waals surface area contributed by atoms with Crippen molar-refractivity contribution in [1.82, 2.24) is 9.80 Å². The van der Waals surface area contributed by atoms with Gasteiger partial charge in [0.15, 0.2) is 0 Å². The Morgan fingerprint density at radius 3 is 2.54 bits per heavy atom. The molecule has 1 aliphatic heterocycles. The SMILES string of the molecule is CC(=O)N(C[C@H]1CN(Cc2ccc(Cl)cc2)C[C@@H]1c1cccc(F)c1)C(C)C. The van der Waals surface area contributed by atoms with E-state index in [-0.39, 0.29) is 29.6 Å². The number of carbonyl (C=O) groups is 1. The molecule has 1 heterocycles. The lowest BCUT2D eigenvalue weighted by Gasteiger charge is -2.30. The maximum atomic E-state index is 13.9. The summed E-state index contributed by atoms with van der Waals surface area (Å²) in [7, 11) is 0. The zero-order valence-corrected chi connectivity index (χ0v) is 17.5. The molecule has 2 aromatic rings. The predicted molar refractivity (Wildman–Crippen MR) is 112 cm³/mol. The molecular weight excluding hydrogens is 375 g/mol. The Morgan fingerprint density at radius 1 is 1.21 bits per heavy atom. The molecule has 0 bridgehead atoms. The number of carbonyl (C=O) groups excluding carboxylic acids is 1. The molecule has 0 saturated carbocycles. The van der Waals surface area contributed by atoms with Crippen LogP contribution < -0.4 is 0 Å². The van der Waals surface area contributed by atoms with E-state index in [0.717, 1.165) is 30.2 Å². The summed E-state index contributed by atoms with van der Waals surface area (Å²) in [5.41, 5.74) is 2.21. The van der Waals surface area contributed by atoms with Crippen molar-refractivity contribution in [2.75, 3.05) is 19.6 Å². The first-order chi connectivity index (χ1) is 13.3. The third-order valence-corrected chi connectivity index (χ3v) is 5.82. The quantitative estimate of drug-likeness (QED) is 0.682. The molecular formula is C23H28ClFN2O. The van der Waals surface area contributed by atoms with Crippen LogP contribution in [-0.2, 0) is 11.3 Å². The topological polar surface area (TPSA) is 23.6 Å². The van der Waals surface area contributed by atoms with Gasteiger partial charge in [-0.3, -0.25) is 9.69 Å². The van der Waals surface area contributed by atoms with Crippen molar-refractivity contribution in [3.8, 4) is 0 Å². The molecule has 0 aromatic heterocycles. The van der Waals surface area contributed by atoms with Crippen LogP contribution in [0.15, 0.2) is 48.5 Å². The summed E-state index contributed by atoms with van der Waals surface area (Å²) in [6, 6.07) is 14.9. The van der Waals surface area contributed by atoms with Gasteiger partial charge in [0, 0.05) is 50.1 Å². The monoisotopic (exact) mass is 402 g/mol. The molecule has 150 valence electrons. The third-order valence-electron chi connectivity index (χ3n) is 5.57. The van der Waals surface area contributed by atoms with Crippen molar-refractivity contribution in [2.24, 2.45) is 5.92 Å². The van der Waals surface area contributed by atoms with E-state index in [1.807, 2.05) is 49.1 Å². The fourth-order valence-electron chi connectivity index (χ4n) is 4.19. The summed E-state index contributed by atoms with van der Waals surface area (Å²) in [5, 5.41) is 0.731. The first kappa shape index (κ1) is 20.8. The molecule has 0 unspecified atom stereocenters. The first-order valence-corrected chi connectivity index (χ1v) is 10.2. The molecule has 1 fully saturated rings. The highest BCUT2D eigenvalue weighted by Gasteiger charge is 2.36. The van der Waals surface area contributed by atoms with Gasteiger partial charge < -0.3 is 4.90 Å². The van der Waals surface area contributed by atoms with Crippen LogP contribution in [0.1, 0.15) is 37.8 Å². The lowest BCUT2D eigenvalue weighted by molar-refractivity contribution is -0.131. The van der Waals surface area contributed by atoms with Crippen molar-refractivity contribution >= 4 is 17.5 Å². The van der Waals surface area contributed by atoms with Gasteiger partial charge in [0.25, 0.3) is 0 Å². The van der Waals surface area contributed by atoms with Crippen LogP contribution in [0.25, 0.3) is 0 Å². The Kier molecular flexibility index (Phi) is 6.73.